The highest BCUT2D eigenvalue weighted by Gasteiger charge is 2.30. The molecule has 1 aromatic rings. The number of benzene rings is 1. The number of aliphatic carboxylic acids is 1. The van der Waals surface area contributed by atoms with Gasteiger partial charge in [-0.05, 0) is 19.1 Å². The number of nitrogens with two attached hydrogens (primary N) is 1. The van der Waals surface area contributed by atoms with E-state index < -0.39 is 12.1 Å². The van der Waals surface area contributed by atoms with E-state index in [1.165, 1.54) is 4.90 Å². The van der Waals surface area contributed by atoms with Crippen molar-refractivity contribution >= 4 is 17.6 Å². The van der Waals surface area contributed by atoms with Gasteiger partial charge in [-0.3, -0.25) is 4.79 Å². The Morgan fingerprint density at radius 3 is 2.89 bits per heavy atom. The second kappa shape index (κ2) is 5.27. The molecule has 1 heterocycles. The lowest BCUT2D eigenvalue weighted by molar-refractivity contribution is -0.154. The van der Waals surface area contributed by atoms with Crippen LogP contribution in [0.1, 0.15) is 15.9 Å². The number of rotatable bonds is 2. The standard InChI is InChI=1S/C13H16N2O4/c1-8-2-3-10(14)9(6-8)12(16)15-4-5-19-11(7-15)13(17)18/h2-3,6,11H,4-5,7,14H2,1H3,(H,17,18). The first-order chi connectivity index (χ1) is 8.99. The van der Waals surface area contributed by atoms with Crippen LogP contribution >= 0.6 is 0 Å². The molecule has 6 nitrogen and oxygen atoms in total. The van der Waals surface area contributed by atoms with Gasteiger partial charge in [-0.1, -0.05) is 11.6 Å². The molecule has 6 heteroatoms. The molecule has 1 atom stereocenters. The Bertz CT molecular complexity index is 515. The molecule has 2 rings (SSSR count). The topological polar surface area (TPSA) is 92.9 Å². The van der Waals surface area contributed by atoms with Crippen LogP contribution in [0, 0.1) is 6.92 Å². The molecule has 0 bridgehead atoms. The Hall–Kier alpha value is -2.08. The summed E-state index contributed by atoms with van der Waals surface area (Å²) in [5.41, 5.74) is 7.53. The van der Waals surface area contributed by atoms with Crippen LogP contribution in [0.5, 0.6) is 0 Å². The van der Waals surface area contributed by atoms with E-state index >= 15 is 0 Å². The van der Waals surface area contributed by atoms with Gasteiger partial charge in [0.05, 0.1) is 18.7 Å². The van der Waals surface area contributed by atoms with Gasteiger partial charge in [-0.15, -0.1) is 0 Å². The lowest BCUT2D eigenvalue weighted by atomic mass is 10.1. The van der Waals surface area contributed by atoms with Crippen LogP contribution in [0.25, 0.3) is 0 Å². The van der Waals surface area contributed by atoms with Crippen molar-refractivity contribution in [2.75, 3.05) is 25.4 Å². The van der Waals surface area contributed by atoms with Gasteiger partial charge < -0.3 is 20.5 Å². The molecular formula is C13H16N2O4. The average Bonchev–Trinajstić information content (AvgIpc) is 2.41. The van der Waals surface area contributed by atoms with E-state index in [-0.39, 0.29) is 19.1 Å². The first kappa shape index (κ1) is 13.4. The van der Waals surface area contributed by atoms with Gasteiger partial charge in [0, 0.05) is 12.2 Å². The van der Waals surface area contributed by atoms with Gasteiger partial charge in [0.15, 0.2) is 6.10 Å². The van der Waals surface area contributed by atoms with Crippen molar-refractivity contribution in [3.63, 3.8) is 0 Å². The summed E-state index contributed by atoms with van der Waals surface area (Å²) in [5, 5.41) is 8.92. The van der Waals surface area contributed by atoms with Gasteiger partial charge in [0.25, 0.3) is 5.91 Å². The number of nitrogen functional groups attached to an aromatic ring is 1. The summed E-state index contributed by atoms with van der Waals surface area (Å²) < 4.78 is 5.08. The smallest absolute Gasteiger partial charge is 0.334 e. The average molecular weight is 264 g/mol. The fraction of sp³-hybridized carbons (Fsp3) is 0.385. The number of carbonyl (C=O) groups excluding carboxylic acids is 1. The maximum Gasteiger partial charge on any atom is 0.334 e. The van der Waals surface area contributed by atoms with Crippen molar-refractivity contribution in [3.8, 4) is 0 Å². The highest BCUT2D eigenvalue weighted by molar-refractivity contribution is 5.99. The number of nitrogens with zero attached hydrogens (tertiary/aromatic N) is 1. The second-order valence-electron chi connectivity index (χ2n) is 4.54. The van der Waals surface area contributed by atoms with E-state index in [2.05, 4.69) is 0 Å². The molecule has 1 aromatic carbocycles. The molecular weight excluding hydrogens is 248 g/mol. The summed E-state index contributed by atoms with van der Waals surface area (Å²) in [7, 11) is 0. The minimum absolute atomic E-state index is 0.0432. The normalized spacial score (nSPS) is 19.2. The molecule has 3 N–H and O–H groups in total. The fourth-order valence-electron chi connectivity index (χ4n) is 2.01. The van der Waals surface area contributed by atoms with E-state index in [4.69, 9.17) is 15.6 Å². The monoisotopic (exact) mass is 264 g/mol. The fourth-order valence-corrected chi connectivity index (χ4v) is 2.01. The number of hydrogen-bond acceptors (Lipinski definition) is 4. The lowest BCUT2D eigenvalue weighted by Gasteiger charge is -2.31. The Morgan fingerprint density at radius 1 is 1.47 bits per heavy atom. The van der Waals surface area contributed by atoms with Crippen LogP contribution < -0.4 is 5.73 Å². The summed E-state index contributed by atoms with van der Waals surface area (Å²) in [6.45, 7) is 2.50. The Morgan fingerprint density at radius 2 is 2.21 bits per heavy atom. The van der Waals surface area contributed by atoms with E-state index in [1.807, 2.05) is 13.0 Å². The van der Waals surface area contributed by atoms with Crippen LogP contribution in [-0.2, 0) is 9.53 Å². The van der Waals surface area contributed by atoms with E-state index in [0.717, 1.165) is 5.56 Å². The largest absolute Gasteiger partial charge is 0.479 e. The van der Waals surface area contributed by atoms with Crippen molar-refractivity contribution in [2.45, 2.75) is 13.0 Å². The second-order valence-corrected chi connectivity index (χ2v) is 4.54. The van der Waals surface area contributed by atoms with Gasteiger partial charge >= 0.3 is 5.97 Å². The first-order valence-electron chi connectivity index (χ1n) is 5.99. The third-order valence-corrected chi connectivity index (χ3v) is 3.07. The maximum atomic E-state index is 12.3. The third-order valence-electron chi connectivity index (χ3n) is 3.07. The Kier molecular flexibility index (Phi) is 3.71. The number of carboxylic acids is 1. The zero-order valence-corrected chi connectivity index (χ0v) is 10.6. The van der Waals surface area contributed by atoms with Gasteiger partial charge in [-0.2, -0.15) is 0 Å². The summed E-state index contributed by atoms with van der Waals surface area (Å²) in [5.74, 6) is -1.31. The third kappa shape index (κ3) is 2.85. The summed E-state index contributed by atoms with van der Waals surface area (Å²) in [4.78, 5) is 24.7. The van der Waals surface area contributed by atoms with Crippen LogP contribution in [0.15, 0.2) is 18.2 Å². The summed E-state index contributed by atoms with van der Waals surface area (Å²) in [6, 6.07) is 5.21. The number of morpholine rings is 1. The maximum absolute atomic E-state index is 12.3. The highest BCUT2D eigenvalue weighted by Crippen LogP contribution is 2.18. The molecule has 1 amide bonds. The predicted molar refractivity (Wildman–Crippen MR) is 68.9 cm³/mol. The lowest BCUT2D eigenvalue weighted by Crippen LogP contribution is -2.48. The minimum atomic E-state index is -1.06. The van der Waals surface area contributed by atoms with Gasteiger partial charge in [-0.25, -0.2) is 4.79 Å². The molecule has 0 radical (unpaired) electrons. The van der Waals surface area contributed by atoms with E-state index in [1.54, 1.807) is 12.1 Å². The number of carboxylic acid groups (broad SMARTS) is 1. The van der Waals surface area contributed by atoms with E-state index in [9.17, 15) is 9.59 Å². The summed E-state index contributed by atoms with van der Waals surface area (Å²) in [6.07, 6.45) is -0.969. The predicted octanol–water partition coefficient (Wildman–Crippen LogP) is 0.503. The Balaban J connectivity index is 2.19. The van der Waals surface area contributed by atoms with Crippen molar-refractivity contribution < 1.29 is 19.4 Å². The highest BCUT2D eigenvalue weighted by atomic mass is 16.5. The van der Waals surface area contributed by atoms with Crippen LogP contribution in [0.3, 0.4) is 0 Å². The van der Waals surface area contributed by atoms with Crippen LogP contribution in [0.2, 0.25) is 0 Å². The number of hydrogen-bond donors (Lipinski definition) is 2. The van der Waals surface area contributed by atoms with Crippen molar-refractivity contribution in [1.29, 1.82) is 0 Å². The molecule has 1 fully saturated rings. The van der Waals surface area contributed by atoms with Crippen molar-refractivity contribution in [3.05, 3.63) is 29.3 Å². The molecule has 1 saturated heterocycles. The molecule has 1 unspecified atom stereocenters. The quantitative estimate of drug-likeness (QED) is 0.759. The molecule has 0 aromatic heterocycles. The number of amides is 1. The van der Waals surface area contributed by atoms with E-state index in [0.29, 0.717) is 17.8 Å². The minimum Gasteiger partial charge on any atom is -0.479 e. The number of anilines is 1. The molecule has 0 aliphatic carbocycles. The SMILES string of the molecule is Cc1ccc(N)c(C(=O)N2CCOC(C(=O)O)C2)c1. The van der Waals surface area contributed by atoms with Gasteiger partial charge in [0.1, 0.15) is 0 Å². The molecule has 1 aliphatic heterocycles. The van der Waals surface area contributed by atoms with Gasteiger partial charge in [0.2, 0.25) is 0 Å². The number of ether oxygens (including phenoxy) is 1. The van der Waals surface area contributed by atoms with Crippen molar-refractivity contribution in [1.82, 2.24) is 4.90 Å². The summed E-state index contributed by atoms with van der Waals surface area (Å²) >= 11 is 0. The molecule has 1 aliphatic rings. The first-order valence-corrected chi connectivity index (χ1v) is 5.99. The van der Waals surface area contributed by atoms with Crippen LogP contribution in [-0.4, -0.2) is 47.7 Å². The zero-order valence-electron chi connectivity index (χ0n) is 10.6. The van der Waals surface area contributed by atoms with Crippen LogP contribution in [0.4, 0.5) is 5.69 Å². The molecule has 19 heavy (non-hydrogen) atoms. The Labute approximate surface area is 110 Å². The van der Waals surface area contributed by atoms with Crippen molar-refractivity contribution in [2.24, 2.45) is 0 Å². The molecule has 0 spiro atoms. The molecule has 0 saturated carbocycles. The zero-order chi connectivity index (χ0) is 14.0. The number of aryl methyl sites for hydroxylation is 1. The number of carbonyl (C=O) groups is 2. The molecule has 102 valence electrons.